The van der Waals surface area contributed by atoms with Crippen molar-refractivity contribution in [1.82, 2.24) is 5.32 Å². The lowest BCUT2D eigenvalue weighted by Gasteiger charge is -2.14. The van der Waals surface area contributed by atoms with Gasteiger partial charge in [0, 0.05) is 11.7 Å². The summed E-state index contributed by atoms with van der Waals surface area (Å²) in [6, 6.07) is 3.85. The highest BCUT2D eigenvalue weighted by Crippen LogP contribution is 2.13. The van der Waals surface area contributed by atoms with E-state index in [2.05, 4.69) is 5.32 Å². The number of thioether (sulfide) groups is 1. The number of nitrogen functional groups attached to an aromatic ring is 1. The van der Waals surface area contributed by atoms with E-state index in [-0.39, 0.29) is 17.5 Å². The summed E-state index contributed by atoms with van der Waals surface area (Å²) in [7, 11) is 0. The minimum absolute atomic E-state index is 0.0533. The van der Waals surface area contributed by atoms with Gasteiger partial charge in [0.1, 0.15) is 5.82 Å². The Morgan fingerprint density at radius 2 is 2.29 bits per heavy atom. The zero-order chi connectivity index (χ0) is 12.8. The molecular formula is C12H17FN2OS. The summed E-state index contributed by atoms with van der Waals surface area (Å²) in [5.41, 5.74) is 6.12. The van der Waals surface area contributed by atoms with Crippen LogP contribution >= 0.6 is 11.8 Å². The van der Waals surface area contributed by atoms with E-state index in [4.69, 9.17) is 5.73 Å². The number of carbonyl (C=O) groups excluding carboxylic acids is 1. The third-order valence-electron chi connectivity index (χ3n) is 2.39. The first-order valence-electron chi connectivity index (χ1n) is 5.39. The molecule has 0 heterocycles. The van der Waals surface area contributed by atoms with Gasteiger partial charge in [-0.2, -0.15) is 11.8 Å². The molecule has 0 aromatic heterocycles. The zero-order valence-corrected chi connectivity index (χ0v) is 10.8. The van der Waals surface area contributed by atoms with E-state index in [1.807, 2.05) is 13.2 Å². The summed E-state index contributed by atoms with van der Waals surface area (Å²) >= 11 is 1.72. The first-order valence-corrected chi connectivity index (χ1v) is 6.78. The Balaban J connectivity index is 2.66. The molecule has 1 rings (SSSR count). The maximum Gasteiger partial charge on any atom is 0.253 e. The van der Waals surface area contributed by atoms with Gasteiger partial charge in [0.15, 0.2) is 0 Å². The van der Waals surface area contributed by atoms with E-state index in [9.17, 15) is 9.18 Å². The van der Waals surface area contributed by atoms with E-state index < -0.39 is 5.82 Å². The molecule has 1 aromatic carbocycles. The Kier molecular flexibility index (Phi) is 5.28. The van der Waals surface area contributed by atoms with Gasteiger partial charge in [-0.25, -0.2) is 4.39 Å². The van der Waals surface area contributed by atoms with Crippen LogP contribution in [-0.2, 0) is 0 Å². The van der Waals surface area contributed by atoms with Gasteiger partial charge >= 0.3 is 0 Å². The Bertz CT molecular complexity index is 398. The predicted molar refractivity (Wildman–Crippen MR) is 70.7 cm³/mol. The lowest BCUT2D eigenvalue weighted by molar-refractivity contribution is 0.0940. The molecule has 0 saturated carbocycles. The number of anilines is 1. The van der Waals surface area contributed by atoms with Crippen LogP contribution in [0.25, 0.3) is 0 Å². The third-order valence-corrected chi connectivity index (χ3v) is 3.04. The van der Waals surface area contributed by atoms with E-state index in [1.54, 1.807) is 11.8 Å². The first-order chi connectivity index (χ1) is 8.04. The molecule has 1 aromatic rings. The number of nitrogens with two attached hydrogens (primary N) is 1. The van der Waals surface area contributed by atoms with Crippen LogP contribution in [0.3, 0.4) is 0 Å². The van der Waals surface area contributed by atoms with Crippen molar-refractivity contribution in [3.05, 3.63) is 29.6 Å². The highest BCUT2D eigenvalue weighted by Gasteiger charge is 2.13. The van der Waals surface area contributed by atoms with Crippen molar-refractivity contribution in [2.75, 3.05) is 17.7 Å². The molecule has 5 heteroatoms. The van der Waals surface area contributed by atoms with Crippen LogP contribution in [0.15, 0.2) is 18.2 Å². The van der Waals surface area contributed by atoms with Crippen LogP contribution in [0, 0.1) is 5.82 Å². The van der Waals surface area contributed by atoms with Gasteiger partial charge in [-0.05, 0) is 43.6 Å². The molecule has 0 spiro atoms. The molecular weight excluding hydrogens is 239 g/mol. The van der Waals surface area contributed by atoms with Gasteiger partial charge in [-0.15, -0.1) is 0 Å². The van der Waals surface area contributed by atoms with E-state index >= 15 is 0 Å². The van der Waals surface area contributed by atoms with Crippen molar-refractivity contribution in [3.8, 4) is 0 Å². The summed E-state index contributed by atoms with van der Waals surface area (Å²) in [6.45, 7) is 1.92. The normalized spacial score (nSPS) is 12.2. The maximum absolute atomic E-state index is 13.0. The molecule has 17 heavy (non-hydrogen) atoms. The monoisotopic (exact) mass is 256 g/mol. The highest BCUT2D eigenvalue weighted by molar-refractivity contribution is 7.98. The Hall–Kier alpha value is -1.23. The Labute approximate surface area is 105 Å². The smallest absolute Gasteiger partial charge is 0.253 e. The molecule has 0 radical (unpaired) electrons. The van der Waals surface area contributed by atoms with Crippen molar-refractivity contribution in [1.29, 1.82) is 0 Å². The van der Waals surface area contributed by atoms with Crippen LogP contribution < -0.4 is 11.1 Å². The van der Waals surface area contributed by atoms with E-state index in [1.165, 1.54) is 12.1 Å². The number of hydrogen-bond donors (Lipinski definition) is 2. The SMILES string of the molecule is CSCCC(C)NC(=O)c1cc(F)ccc1N. The number of benzene rings is 1. The molecule has 3 N–H and O–H groups in total. The molecule has 0 saturated heterocycles. The van der Waals surface area contributed by atoms with Gasteiger partial charge in [-0.3, -0.25) is 4.79 Å². The van der Waals surface area contributed by atoms with Crippen molar-refractivity contribution in [2.24, 2.45) is 0 Å². The molecule has 1 atom stereocenters. The molecule has 3 nitrogen and oxygen atoms in total. The largest absolute Gasteiger partial charge is 0.398 e. The number of amides is 1. The van der Waals surface area contributed by atoms with Gasteiger partial charge in [0.05, 0.1) is 5.56 Å². The van der Waals surface area contributed by atoms with Gasteiger partial charge in [0.2, 0.25) is 0 Å². The molecule has 0 aliphatic rings. The first kappa shape index (κ1) is 13.8. The summed E-state index contributed by atoms with van der Waals surface area (Å²) in [4.78, 5) is 11.8. The second-order valence-electron chi connectivity index (χ2n) is 3.89. The Morgan fingerprint density at radius 3 is 2.94 bits per heavy atom. The lowest BCUT2D eigenvalue weighted by Crippen LogP contribution is -2.33. The summed E-state index contributed by atoms with van der Waals surface area (Å²) in [5.74, 6) is 0.191. The fourth-order valence-corrected chi connectivity index (χ4v) is 1.98. The summed E-state index contributed by atoms with van der Waals surface area (Å²) in [6.07, 6.45) is 2.89. The molecule has 0 aliphatic heterocycles. The number of halogens is 1. The number of carbonyl (C=O) groups is 1. The van der Waals surface area contributed by atoms with Crippen LogP contribution in [0.4, 0.5) is 10.1 Å². The quantitative estimate of drug-likeness (QED) is 0.795. The fourth-order valence-electron chi connectivity index (χ4n) is 1.39. The molecule has 94 valence electrons. The maximum atomic E-state index is 13.0. The average molecular weight is 256 g/mol. The molecule has 0 bridgehead atoms. The van der Waals surface area contributed by atoms with Crippen molar-refractivity contribution >= 4 is 23.4 Å². The van der Waals surface area contributed by atoms with Crippen LogP contribution in [0.5, 0.6) is 0 Å². The van der Waals surface area contributed by atoms with Crippen LogP contribution in [-0.4, -0.2) is 24.0 Å². The minimum Gasteiger partial charge on any atom is -0.398 e. The predicted octanol–water partition coefficient (Wildman–Crippen LogP) is 2.28. The topological polar surface area (TPSA) is 55.1 Å². The van der Waals surface area contributed by atoms with Crippen LogP contribution in [0.1, 0.15) is 23.7 Å². The number of rotatable bonds is 5. The van der Waals surface area contributed by atoms with Crippen LogP contribution in [0.2, 0.25) is 0 Å². The molecule has 0 aliphatic carbocycles. The van der Waals surface area contributed by atoms with Gasteiger partial charge in [-0.1, -0.05) is 0 Å². The Morgan fingerprint density at radius 1 is 1.59 bits per heavy atom. The minimum atomic E-state index is -0.457. The second kappa shape index (κ2) is 6.49. The number of nitrogens with one attached hydrogen (secondary N) is 1. The highest BCUT2D eigenvalue weighted by atomic mass is 32.2. The molecule has 1 unspecified atom stereocenters. The van der Waals surface area contributed by atoms with E-state index in [0.717, 1.165) is 18.2 Å². The third kappa shape index (κ3) is 4.26. The standard InChI is InChI=1S/C12H17FN2OS/c1-8(5-6-17-2)15-12(16)10-7-9(13)3-4-11(10)14/h3-4,7-8H,5-6,14H2,1-2H3,(H,15,16). The van der Waals surface area contributed by atoms with E-state index in [0.29, 0.717) is 5.69 Å². The average Bonchev–Trinajstić information content (AvgIpc) is 2.29. The fraction of sp³-hybridized carbons (Fsp3) is 0.417. The molecule has 0 fully saturated rings. The van der Waals surface area contributed by atoms with Crippen molar-refractivity contribution < 1.29 is 9.18 Å². The lowest BCUT2D eigenvalue weighted by atomic mass is 10.1. The molecule has 1 amide bonds. The second-order valence-corrected chi connectivity index (χ2v) is 4.87. The van der Waals surface area contributed by atoms with Crippen molar-refractivity contribution in [2.45, 2.75) is 19.4 Å². The zero-order valence-electron chi connectivity index (χ0n) is 10.00. The van der Waals surface area contributed by atoms with Gasteiger partial charge in [0.25, 0.3) is 5.91 Å². The summed E-state index contributed by atoms with van der Waals surface area (Å²) in [5, 5.41) is 2.80. The summed E-state index contributed by atoms with van der Waals surface area (Å²) < 4.78 is 13.0. The number of hydrogen-bond acceptors (Lipinski definition) is 3. The van der Waals surface area contributed by atoms with Crippen molar-refractivity contribution in [3.63, 3.8) is 0 Å². The van der Waals surface area contributed by atoms with Gasteiger partial charge < -0.3 is 11.1 Å².